The molecule has 0 aliphatic rings. The van der Waals surface area contributed by atoms with E-state index >= 15 is 0 Å². The summed E-state index contributed by atoms with van der Waals surface area (Å²) < 4.78 is 0.688. The van der Waals surface area contributed by atoms with Crippen molar-refractivity contribution in [2.75, 3.05) is 11.9 Å². The average molecular weight is 368 g/mol. The van der Waals surface area contributed by atoms with Crippen molar-refractivity contribution in [2.24, 2.45) is 11.1 Å². The Hall–Kier alpha value is -0.290. The molecule has 0 saturated carbocycles. The first kappa shape index (κ1) is 16.8. The van der Waals surface area contributed by atoms with Gasteiger partial charge in [-0.3, -0.25) is 4.79 Å². The summed E-state index contributed by atoms with van der Waals surface area (Å²) >= 11 is 15.4. The summed E-state index contributed by atoms with van der Waals surface area (Å²) in [7, 11) is 0. The Morgan fingerprint density at radius 3 is 2.37 bits per heavy atom. The largest absolute Gasteiger partial charge is 0.329 e. The summed E-state index contributed by atoms with van der Waals surface area (Å²) in [5.41, 5.74) is 5.68. The molecule has 1 aromatic rings. The van der Waals surface area contributed by atoms with Gasteiger partial charge in [0.2, 0.25) is 5.91 Å². The maximum Gasteiger partial charge on any atom is 0.231 e. The molecule has 3 nitrogen and oxygen atoms in total. The van der Waals surface area contributed by atoms with Gasteiger partial charge in [0.1, 0.15) is 0 Å². The van der Waals surface area contributed by atoms with E-state index in [1.807, 2.05) is 13.8 Å². The Bertz CT molecular complexity index is 468. The number of amides is 1. The number of hydrogen-bond donors (Lipinski definition) is 2. The first-order chi connectivity index (χ1) is 8.91. The van der Waals surface area contributed by atoms with Crippen LogP contribution >= 0.6 is 39.1 Å². The lowest BCUT2D eigenvalue weighted by atomic mass is 9.81. The van der Waals surface area contributed by atoms with E-state index in [1.165, 1.54) is 0 Å². The second kappa shape index (κ2) is 6.93. The van der Waals surface area contributed by atoms with Crippen molar-refractivity contribution < 1.29 is 4.79 Å². The average Bonchev–Trinajstić information content (AvgIpc) is 2.42. The van der Waals surface area contributed by atoms with Gasteiger partial charge in [-0.15, -0.1) is 0 Å². The van der Waals surface area contributed by atoms with Gasteiger partial charge in [-0.2, -0.15) is 0 Å². The third kappa shape index (κ3) is 3.43. The molecule has 0 unspecified atom stereocenters. The number of anilines is 1. The molecule has 0 bridgehead atoms. The lowest BCUT2D eigenvalue weighted by Crippen LogP contribution is -2.41. The van der Waals surface area contributed by atoms with Crippen LogP contribution in [0.1, 0.15) is 26.7 Å². The molecule has 0 aliphatic carbocycles. The first-order valence-electron chi connectivity index (χ1n) is 6.06. The van der Waals surface area contributed by atoms with E-state index in [0.29, 0.717) is 39.6 Å². The fourth-order valence-corrected chi connectivity index (χ4v) is 2.65. The SMILES string of the molecule is CCC(CC)(CN)C(=O)Nc1ccc(Br)c(Cl)c1Cl. The summed E-state index contributed by atoms with van der Waals surface area (Å²) in [6.07, 6.45) is 1.35. The monoisotopic (exact) mass is 366 g/mol. The topological polar surface area (TPSA) is 55.1 Å². The van der Waals surface area contributed by atoms with Gasteiger partial charge in [-0.1, -0.05) is 37.0 Å². The van der Waals surface area contributed by atoms with Crippen LogP contribution in [0.25, 0.3) is 0 Å². The van der Waals surface area contributed by atoms with Crippen LogP contribution in [-0.4, -0.2) is 12.5 Å². The molecular weight excluding hydrogens is 351 g/mol. The lowest BCUT2D eigenvalue weighted by molar-refractivity contribution is -0.125. The second-order valence-electron chi connectivity index (χ2n) is 4.37. The van der Waals surface area contributed by atoms with Crippen molar-refractivity contribution >= 4 is 50.7 Å². The lowest BCUT2D eigenvalue weighted by Gasteiger charge is -2.28. The molecule has 106 valence electrons. The quantitative estimate of drug-likeness (QED) is 0.755. The Balaban J connectivity index is 3.03. The van der Waals surface area contributed by atoms with Gasteiger partial charge < -0.3 is 11.1 Å². The molecule has 3 N–H and O–H groups in total. The van der Waals surface area contributed by atoms with E-state index < -0.39 is 5.41 Å². The molecule has 0 fully saturated rings. The molecule has 1 aromatic carbocycles. The van der Waals surface area contributed by atoms with Crippen LogP contribution in [0.15, 0.2) is 16.6 Å². The minimum absolute atomic E-state index is 0.125. The summed E-state index contributed by atoms with van der Waals surface area (Å²) in [6, 6.07) is 3.45. The molecule has 19 heavy (non-hydrogen) atoms. The fourth-order valence-electron chi connectivity index (χ4n) is 1.83. The highest BCUT2D eigenvalue weighted by atomic mass is 79.9. The van der Waals surface area contributed by atoms with E-state index in [9.17, 15) is 4.79 Å². The van der Waals surface area contributed by atoms with Gasteiger partial charge in [0.05, 0.1) is 21.1 Å². The van der Waals surface area contributed by atoms with E-state index in [4.69, 9.17) is 28.9 Å². The molecular formula is C13H17BrCl2N2O. The van der Waals surface area contributed by atoms with E-state index in [1.54, 1.807) is 12.1 Å². The van der Waals surface area contributed by atoms with Crippen LogP contribution in [0.4, 0.5) is 5.69 Å². The number of hydrogen-bond acceptors (Lipinski definition) is 2. The molecule has 0 saturated heterocycles. The number of rotatable bonds is 5. The Morgan fingerprint density at radius 2 is 1.89 bits per heavy atom. The zero-order valence-corrected chi connectivity index (χ0v) is 14.0. The van der Waals surface area contributed by atoms with Crippen molar-refractivity contribution in [1.29, 1.82) is 0 Å². The van der Waals surface area contributed by atoms with Crippen molar-refractivity contribution in [3.05, 3.63) is 26.7 Å². The summed E-state index contributed by atoms with van der Waals surface area (Å²) in [5, 5.41) is 3.52. The molecule has 0 spiro atoms. The summed E-state index contributed by atoms with van der Waals surface area (Å²) in [6.45, 7) is 4.20. The van der Waals surface area contributed by atoms with E-state index in [-0.39, 0.29) is 5.91 Å². The van der Waals surface area contributed by atoms with Gasteiger partial charge in [-0.25, -0.2) is 0 Å². The van der Waals surface area contributed by atoms with Crippen molar-refractivity contribution in [3.8, 4) is 0 Å². The van der Waals surface area contributed by atoms with Gasteiger partial charge in [-0.05, 0) is 40.9 Å². The summed E-state index contributed by atoms with van der Waals surface area (Å²) in [4.78, 5) is 12.4. The normalized spacial score (nSPS) is 11.5. The van der Waals surface area contributed by atoms with Crippen molar-refractivity contribution in [2.45, 2.75) is 26.7 Å². The van der Waals surface area contributed by atoms with Crippen LogP contribution in [0.5, 0.6) is 0 Å². The van der Waals surface area contributed by atoms with Gasteiger partial charge >= 0.3 is 0 Å². The molecule has 0 atom stereocenters. The number of halogens is 3. The maximum absolute atomic E-state index is 12.4. The Kier molecular flexibility index (Phi) is 6.12. The first-order valence-corrected chi connectivity index (χ1v) is 7.61. The van der Waals surface area contributed by atoms with Crippen LogP contribution in [0.3, 0.4) is 0 Å². The van der Waals surface area contributed by atoms with E-state index in [2.05, 4.69) is 21.2 Å². The van der Waals surface area contributed by atoms with Crippen LogP contribution in [-0.2, 0) is 4.79 Å². The highest BCUT2D eigenvalue weighted by Gasteiger charge is 2.33. The number of nitrogens with two attached hydrogens (primary N) is 1. The van der Waals surface area contributed by atoms with Crippen molar-refractivity contribution in [1.82, 2.24) is 0 Å². The number of carbonyl (C=O) groups is 1. The van der Waals surface area contributed by atoms with Crippen LogP contribution < -0.4 is 11.1 Å². The molecule has 1 rings (SSSR count). The van der Waals surface area contributed by atoms with Crippen LogP contribution in [0.2, 0.25) is 10.0 Å². The second-order valence-corrected chi connectivity index (χ2v) is 5.98. The van der Waals surface area contributed by atoms with Gasteiger partial charge in [0, 0.05) is 11.0 Å². The Labute approximate surface area is 132 Å². The maximum atomic E-state index is 12.4. The Morgan fingerprint density at radius 1 is 1.32 bits per heavy atom. The number of carbonyl (C=O) groups excluding carboxylic acids is 1. The highest BCUT2D eigenvalue weighted by molar-refractivity contribution is 9.10. The van der Waals surface area contributed by atoms with Gasteiger partial charge in [0.15, 0.2) is 0 Å². The molecule has 0 aliphatic heterocycles. The smallest absolute Gasteiger partial charge is 0.231 e. The third-order valence-corrected chi connectivity index (χ3v) is 5.28. The minimum atomic E-state index is -0.567. The third-order valence-electron chi connectivity index (χ3n) is 3.51. The minimum Gasteiger partial charge on any atom is -0.329 e. The van der Waals surface area contributed by atoms with E-state index in [0.717, 1.165) is 0 Å². The molecule has 6 heteroatoms. The zero-order valence-electron chi connectivity index (χ0n) is 10.9. The number of benzene rings is 1. The van der Waals surface area contributed by atoms with Crippen molar-refractivity contribution in [3.63, 3.8) is 0 Å². The number of nitrogens with one attached hydrogen (secondary N) is 1. The molecule has 0 heterocycles. The summed E-state index contributed by atoms with van der Waals surface area (Å²) in [5.74, 6) is -0.125. The predicted molar refractivity (Wildman–Crippen MR) is 84.9 cm³/mol. The molecule has 1 amide bonds. The fraction of sp³-hybridized carbons (Fsp3) is 0.462. The van der Waals surface area contributed by atoms with Gasteiger partial charge in [0.25, 0.3) is 0 Å². The highest BCUT2D eigenvalue weighted by Crippen LogP contribution is 2.37. The molecule has 0 radical (unpaired) electrons. The van der Waals surface area contributed by atoms with Crippen LogP contribution in [0, 0.1) is 5.41 Å². The standard InChI is InChI=1S/C13H17BrCl2N2O/c1-3-13(4-2,7-17)12(19)18-9-6-5-8(14)10(15)11(9)16/h5-6H,3-4,7,17H2,1-2H3,(H,18,19). The molecule has 0 aromatic heterocycles. The predicted octanol–water partition coefficient (Wildman–Crippen LogP) is 4.46. The zero-order chi connectivity index (χ0) is 14.6.